The summed E-state index contributed by atoms with van der Waals surface area (Å²) >= 11 is 0. The van der Waals surface area contributed by atoms with Crippen LogP contribution in [-0.2, 0) is 4.79 Å². The third-order valence-corrected chi connectivity index (χ3v) is 3.60. The molecule has 1 amide bonds. The summed E-state index contributed by atoms with van der Waals surface area (Å²) in [7, 11) is 0. The van der Waals surface area contributed by atoms with E-state index in [-0.39, 0.29) is 23.6 Å². The van der Waals surface area contributed by atoms with Gasteiger partial charge in [0.1, 0.15) is 11.6 Å². The monoisotopic (exact) mass is 270 g/mol. The number of anilines is 1. The van der Waals surface area contributed by atoms with Crippen LogP contribution in [0.3, 0.4) is 0 Å². The van der Waals surface area contributed by atoms with Crippen LogP contribution in [0.2, 0.25) is 0 Å². The number of benzene rings is 1. The summed E-state index contributed by atoms with van der Waals surface area (Å²) in [6.07, 6.45) is 2.35. The van der Waals surface area contributed by atoms with E-state index >= 15 is 0 Å². The second-order valence-corrected chi connectivity index (χ2v) is 5.18. The first-order valence-corrected chi connectivity index (χ1v) is 6.63. The molecule has 20 heavy (non-hydrogen) atoms. The number of nitrogens with one attached hydrogen (secondary N) is 1. The van der Waals surface area contributed by atoms with Crippen LogP contribution in [0, 0.1) is 18.7 Å². The van der Waals surface area contributed by atoms with E-state index in [1.165, 1.54) is 6.07 Å². The molecule has 0 bridgehead atoms. The standard InChI is InChI=1S/C16H15FN2O/c1-10-6-7-18-15(8-10)19-16(20)13-9-12(13)11-4-2-3-5-14(11)17/h2-8,12-13H,9H2,1H3,(H,18,19,20)/t12-,13-/m0/s1. The SMILES string of the molecule is Cc1ccnc(NC(=O)[C@H]2C[C@H]2c2ccccc2F)c1. The predicted molar refractivity (Wildman–Crippen MR) is 74.9 cm³/mol. The molecule has 1 aliphatic carbocycles. The van der Waals surface area contributed by atoms with Gasteiger partial charge < -0.3 is 5.32 Å². The molecule has 1 N–H and O–H groups in total. The van der Waals surface area contributed by atoms with Gasteiger partial charge >= 0.3 is 0 Å². The third-order valence-electron chi connectivity index (χ3n) is 3.60. The largest absolute Gasteiger partial charge is 0.310 e. The number of hydrogen-bond donors (Lipinski definition) is 1. The van der Waals surface area contributed by atoms with Crippen LogP contribution in [0.25, 0.3) is 0 Å². The van der Waals surface area contributed by atoms with Crippen molar-refractivity contribution in [2.75, 3.05) is 5.32 Å². The molecule has 1 heterocycles. The summed E-state index contributed by atoms with van der Waals surface area (Å²) in [4.78, 5) is 16.2. The molecule has 0 radical (unpaired) electrons. The Bertz CT molecular complexity index is 656. The first-order valence-electron chi connectivity index (χ1n) is 6.63. The Labute approximate surface area is 116 Å². The van der Waals surface area contributed by atoms with Crippen molar-refractivity contribution in [3.8, 4) is 0 Å². The van der Waals surface area contributed by atoms with Gasteiger partial charge in [0.25, 0.3) is 0 Å². The Morgan fingerprint density at radius 3 is 2.90 bits per heavy atom. The normalized spacial score (nSPS) is 20.5. The van der Waals surface area contributed by atoms with Gasteiger partial charge in [0.05, 0.1) is 0 Å². The summed E-state index contributed by atoms with van der Waals surface area (Å²) < 4.78 is 13.7. The molecule has 0 unspecified atom stereocenters. The van der Waals surface area contributed by atoms with Crippen molar-refractivity contribution in [3.63, 3.8) is 0 Å². The highest BCUT2D eigenvalue weighted by Gasteiger charge is 2.45. The number of aromatic nitrogens is 1. The molecule has 2 aromatic rings. The Kier molecular flexibility index (Phi) is 3.22. The van der Waals surface area contributed by atoms with Gasteiger partial charge in [-0.05, 0) is 48.6 Å². The molecule has 0 saturated heterocycles. The zero-order valence-electron chi connectivity index (χ0n) is 11.1. The lowest BCUT2D eigenvalue weighted by atomic mass is 10.1. The number of pyridine rings is 1. The van der Waals surface area contributed by atoms with Gasteiger partial charge in [-0.3, -0.25) is 4.79 Å². The number of carbonyl (C=O) groups excluding carboxylic acids is 1. The summed E-state index contributed by atoms with van der Waals surface area (Å²) in [6, 6.07) is 10.3. The van der Waals surface area contributed by atoms with Gasteiger partial charge in [0.15, 0.2) is 0 Å². The number of carbonyl (C=O) groups is 1. The second-order valence-electron chi connectivity index (χ2n) is 5.18. The fraction of sp³-hybridized carbons (Fsp3) is 0.250. The van der Waals surface area contributed by atoms with E-state index in [0.29, 0.717) is 17.8 Å². The summed E-state index contributed by atoms with van der Waals surface area (Å²) in [5.74, 6) is 0.0576. The van der Waals surface area contributed by atoms with Gasteiger partial charge in [-0.15, -0.1) is 0 Å². The maximum Gasteiger partial charge on any atom is 0.229 e. The van der Waals surface area contributed by atoms with E-state index in [9.17, 15) is 9.18 Å². The van der Waals surface area contributed by atoms with E-state index in [0.717, 1.165) is 5.56 Å². The quantitative estimate of drug-likeness (QED) is 0.930. The minimum absolute atomic E-state index is 0.0130. The van der Waals surface area contributed by atoms with Crippen LogP contribution in [-0.4, -0.2) is 10.9 Å². The van der Waals surface area contributed by atoms with Gasteiger partial charge in [-0.1, -0.05) is 18.2 Å². The lowest BCUT2D eigenvalue weighted by Gasteiger charge is -2.05. The number of halogens is 1. The molecule has 1 fully saturated rings. The van der Waals surface area contributed by atoms with E-state index < -0.39 is 0 Å². The molecule has 1 aromatic carbocycles. The summed E-state index contributed by atoms with van der Waals surface area (Å²) in [5, 5.41) is 2.79. The van der Waals surface area contributed by atoms with Crippen LogP contribution in [0.4, 0.5) is 10.2 Å². The molecule has 0 aliphatic heterocycles. The zero-order chi connectivity index (χ0) is 14.1. The number of nitrogens with zero attached hydrogens (tertiary/aromatic N) is 1. The van der Waals surface area contributed by atoms with Gasteiger partial charge in [-0.2, -0.15) is 0 Å². The highest BCUT2D eigenvalue weighted by Crippen LogP contribution is 2.48. The average molecular weight is 270 g/mol. The van der Waals surface area contributed by atoms with Crippen molar-refractivity contribution in [2.24, 2.45) is 5.92 Å². The van der Waals surface area contributed by atoms with Crippen molar-refractivity contribution in [2.45, 2.75) is 19.3 Å². The Hall–Kier alpha value is -2.23. The number of rotatable bonds is 3. The Morgan fingerprint density at radius 2 is 2.15 bits per heavy atom. The van der Waals surface area contributed by atoms with E-state index in [1.807, 2.05) is 19.1 Å². The molecule has 1 saturated carbocycles. The van der Waals surface area contributed by atoms with Gasteiger partial charge in [0, 0.05) is 12.1 Å². The third kappa shape index (κ3) is 2.54. The minimum Gasteiger partial charge on any atom is -0.310 e. The fourth-order valence-electron chi connectivity index (χ4n) is 2.43. The predicted octanol–water partition coefficient (Wildman–Crippen LogP) is 3.27. The van der Waals surface area contributed by atoms with E-state index in [2.05, 4.69) is 10.3 Å². The lowest BCUT2D eigenvalue weighted by molar-refractivity contribution is -0.117. The maximum absolute atomic E-state index is 13.7. The van der Waals surface area contributed by atoms with Crippen LogP contribution in [0.1, 0.15) is 23.5 Å². The number of amides is 1. The highest BCUT2D eigenvalue weighted by atomic mass is 19.1. The summed E-state index contributed by atoms with van der Waals surface area (Å²) in [6.45, 7) is 1.94. The molecule has 102 valence electrons. The summed E-state index contributed by atoms with van der Waals surface area (Å²) in [5.41, 5.74) is 1.67. The van der Waals surface area contributed by atoms with Crippen LogP contribution in [0.5, 0.6) is 0 Å². The van der Waals surface area contributed by atoms with Crippen molar-refractivity contribution in [3.05, 3.63) is 59.5 Å². The number of aryl methyl sites for hydroxylation is 1. The first-order chi connectivity index (χ1) is 9.65. The smallest absolute Gasteiger partial charge is 0.229 e. The maximum atomic E-state index is 13.7. The van der Waals surface area contributed by atoms with Crippen LogP contribution in [0.15, 0.2) is 42.6 Å². The van der Waals surface area contributed by atoms with Crippen molar-refractivity contribution < 1.29 is 9.18 Å². The molecule has 3 rings (SSSR count). The van der Waals surface area contributed by atoms with E-state index in [4.69, 9.17) is 0 Å². The Balaban J connectivity index is 1.68. The molecule has 3 nitrogen and oxygen atoms in total. The molecule has 1 aliphatic rings. The van der Waals surface area contributed by atoms with Crippen LogP contribution >= 0.6 is 0 Å². The van der Waals surface area contributed by atoms with Crippen molar-refractivity contribution >= 4 is 11.7 Å². The van der Waals surface area contributed by atoms with Crippen LogP contribution < -0.4 is 5.32 Å². The molecule has 0 spiro atoms. The average Bonchev–Trinajstić information content (AvgIpc) is 3.19. The second kappa shape index (κ2) is 5.04. The van der Waals surface area contributed by atoms with Crippen molar-refractivity contribution in [1.82, 2.24) is 4.98 Å². The fourth-order valence-corrected chi connectivity index (χ4v) is 2.43. The molecular weight excluding hydrogens is 255 g/mol. The molecule has 2 atom stereocenters. The molecule has 1 aromatic heterocycles. The molecule has 4 heteroatoms. The first kappa shape index (κ1) is 12.8. The van der Waals surface area contributed by atoms with Gasteiger partial charge in [0.2, 0.25) is 5.91 Å². The van der Waals surface area contributed by atoms with E-state index in [1.54, 1.807) is 24.4 Å². The highest BCUT2D eigenvalue weighted by molar-refractivity contribution is 5.94. The lowest BCUT2D eigenvalue weighted by Crippen LogP contribution is -2.15. The topological polar surface area (TPSA) is 42.0 Å². The zero-order valence-corrected chi connectivity index (χ0v) is 11.1. The van der Waals surface area contributed by atoms with Gasteiger partial charge in [-0.25, -0.2) is 9.37 Å². The number of hydrogen-bond acceptors (Lipinski definition) is 2. The minimum atomic E-state index is -0.235. The Morgan fingerprint density at radius 1 is 1.35 bits per heavy atom. The van der Waals surface area contributed by atoms with Crippen molar-refractivity contribution in [1.29, 1.82) is 0 Å². The molecular formula is C16H15FN2O.